The maximum atomic E-state index is 16.4. The van der Waals surface area contributed by atoms with Crippen molar-refractivity contribution in [1.29, 1.82) is 0 Å². The zero-order valence-electron chi connectivity index (χ0n) is 33.7. The van der Waals surface area contributed by atoms with Gasteiger partial charge in [-0.2, -0.15) is 4.98 Å². The van der Waals surface area contributed by atoms with Crippen LogP contribution in [0.25, 0.3) is 22.0 Å². The molecule has 1 atom stereocenters. The topological polar surface area (TPSA) is 247 Å². The van der Waals surface area contributed by atoms with Gasteiger partial charge in [0.1, 0.15) is 28.9 Å². The second kappa shape index (κ2) is 18.8. The molecule has 2 fully saturated rings. The molecule has 63 heavy (non-hydrogen) atoms. The minimum atomic E-state index is -2.18. The number of fused-ring (bicyclic) bond motifs is 2. The molecule has 0 radical (unpaired) electrons. The number of aromatic hydroxyl groups is 1. The second-order valence-corrected chi connectivity index (χ2v) is 15.2. The van der Waals surface area contributed by atoms with Gasteiger partial charge in [0.15, 0.2) is 5.82 Å². The van der Waals surface area contributed by atoms with Gasteiger partial charge in [0.25, 0.3) is 17.7 Å². The molecule has 0 aliphatic carbocycles. The highest BCUT2D eigenvalue weighted by Gasteiger charge is 2.45. The first-order chi connectivity index (χ1) is 30.2. The number of nitrogens with zero attached hydrogens (tertiary/aromatic N) is 6. The van der Waals surface area contributed by atoms with Crippen LogP contribution in [0.15, 0.2) is 42.5 Å². The highest BCUT2D eigenvalue weighted by Crippen LogP contribution is 2.42. The number of phenols is 1. The summed E-state index contributed by atoms with van der Waals surface area (Å²) in [6, 6.07) is 8.47. The maximum Gasteiger partial charge on any atom is 0.279 e. The number of hydrogen-bond acceptors (Lipinski definition) is 15. The van der Waals surface area contributed by atoms with Crippen molar-refractivity contribution in [2.24, 2.45) is 0 Å². The number of carbonyl (C=O) groups is 6. The monoisotopic (exact) mass is 893 g/mol. The van der Waals surface area contributed by atoms with E-state index in [1.165, 1.54) is 34.1 Å². The number of phenolic OH excluding ortho intramolecular Hbond substituents is 1. The van der Waals surface area contributed by atoms with E-state index in [1.54, 1.807) is 24.1 Å². The minimum Gasteiger partial charge on any atom is -0.507 e. The molecular weight excluding hydrogens is 852 g/mol. The zero-order valence-corrected chi connectivity index (χ0v) is 34.5. The predicted octanol–water partition coefficient (Wildman–Crippen LogP) is 1.68. The summed E-state index contributed by atoms with van der Waals surface area (Å²) in [5.74, 6) is -5.99. The van der Waals surface area contributed by atoms with E-state index in [0.717, 1.165) is 11.0 Å². The number of anilines is 3. The SMILES string of the molecule is CN(CCOCCNc1cccc2c1C(=O)N(C1CCC(=O)NC1=O)C2=O)C(=O)CCNc1nc(N2CCN(C(=O)C(O)O)CC2)c2cc(Cl)c(-c3c(O)cccc3F)c(F)c2n1. The molecule has 22 heteroatoms. The fourth-order valence-electron chi connectivity index (χ4n) is 7.61. The third-order valence-corrected chi connectivity index (χ3v) is 11.2. The lowest BCUT2D eigenvalue weighted by molar-refractivity contribution is -0.159. The van der Waals surface area contributed by atoms with E-state index < -0.39 is 70.4 Å². The maximum absolute atomic E-state index is 16.4. The Bertz CT molecular complexity index is 2480. The third-order valence-electron chi connectivity index (χ3n) is 10.9. The summed E-state index contributed by atoms with van der Waals surface area (Å²) in [6.07, 6.45) is -2.18. The number of amides is 6. The number of aliphatic hydroxyl groups excluding tert-OH is 1. The van der Waals surface area contributed by atoms with Gasteiger partial charge in [-0.1, -0.05) is 23.7 Å². The van der Waals surface area contributed by atoms with Crippen LogP contribution in [-0.2, 0) is 23.9 Å². The molecule has 0 bridgehead atoms. The number of aromatic nitrogens is 2. The van der Waals surface area contributed by atoms with Crippen LogP contribution >= 0.6 is 11.6 Å². The van der Waals surface area contributed by atoms with Gasteiger partial charge in [0, 0.05) is 82.3 Å². The van der Waals surface area contributed by atoms with Crippen LogP contribution in [0, 0.1) is 11.6 Å². The van der Waals surface area contributed by atoms with Crippen molar-refractivity contribution in [2.75, 3.05) is 81.6 Å². The second-order valence-electron chi connectivity index (χ2n) is 14.8. The molecule has 2 saturated heterocycles. The molecule has 3 aliphatic heterocycles. The van der Waals surface area contributed by atoms with Crippen molar-refractivity contribution in [3.63, 3.8) is 0 Å². The summed E-state index contributed by atoms with van der Waals surface area (Å²) in [4.78, 5) is 89.9. The Labute approximate surface area is 362 Å². The van der Waals surface area contributed by atoms with Gasteiger partial charge in [0.2, 0.25) is 30.0 Å². The molecule has 1 unspecified atom stereocenters. The molecule has 0 saturated carbocycles. The minimum absolute atomic E-state index is 0.00579. The van der Waals surface area contributed by atoms with Crippen molar-refractivity contribution in [3.8, 4) is 16.9 Å². The molecule has 1 aromatic heterocycles. The van der Waals surface area contributed by atoms with E-state index >= 15 is 4.39 Å². The van der Waals surface area contributed by atoms with Crippen LogP contribution in [-0.4, -0.2) is 154 Å². The van der Waals surface area contributed by atoms with E-state index in [4.69, 9.17) is 16.3 Å². The standard InChI is InChI=1S/C41H42ClF2N9O10/c1-50(17-19-63-18-12-45-25-6-2-4-21-30(25)38(59)53(37(21)58)26-8-9-28(55)47-36(26)57)29(56)10-11-46-41-48-34-22(35(49-41)51-13-15-52(16-14-51)39(60)40(61)62)20-23(42)31(33(34)44)32-24(43)5-3-7-27(32)54/h2-7,20,26,40,45,54,61-62H,8-19H2,1H3,(H,46,48,49)(H,47,55,57). The van der Waals surface area contributed by atoms with E-state index in [9.17, 15) is 48.5 Å². The lowest BCUT2D eigenvalue weighted by Gasteiger charge is -2.36. The van der Waals surface area contributed by atoms with Gasteiger partial charge in [-0.15, -0.1) is 0 Å². The number of imide groups is 2. The first kappa shape index (κ1) is 44.5. The summed E-state index contributed by atoms with van der Waals surface area (Å²) in [5.41, 5.74) is -0.523. The summed E-state index contributed by atoms with van der Waals surface area (Å²) in [6.45, 7) is 1.24. The lowest BCUT2D eigenvalue weighted by Crippen LogP contribution is -2.54. The number of piperidine rings is 1. The number of rotatable bonds is 15. The zero-order chi connectivity index (χ0) is 45.1. The number of ether oxygens (including phenoxy) is 1. The molecule has 7 rings (SSSR count). The number of carbonyl (C=O) groups excluding carboxylic acids is 6. The Morgan fingerprint density at radius 1 is 0.968 bits per heavy atom. The van der Waals surface area contributed by atoms with Crippen LogP contribution in [0.3, 0.4) is 0 Å². The molecule has 0 spiro atoms. The van der Waals surface area contributed by atoms with Crippen LogP contribution in [0.5, 0.6) is 5.75 Å². The van der Waals surface area contributed by atoms with Crippen molar-refractivity contribution < 1.29 is 57.6 Å². The highest BCUT2D eigenvalue weighted by molar-refractivity contribution is 6.34. The molecule has 6 amide bonds. The van der Waals surface area contributed by atoms with Crippen molar-refractivity contribution in [2.45, 2.75) is 31.6 Å². The number of benzene rings is 3. The van der Waals surface area contributed by atoms with Gasteiger partial charge in [-0.05, 0) is 36.8 Å². The van der Waals surface area contributed by atoms with Crippen molar-refractivity contribution in [1.82, 2.24) is 30.0 Å². The molecule has 3 aromatic carbocycles. The lowest BCUT2D eigenvalue weighted by atomic mass is 10.0. The highest BCUT2D eigenvalue weighted by atomic mass is 35.5. The number of halogens is 3. The molecule has 6 N–H and O–H groups in total. The van der Waals surface area contributed by atoms with E-state index in [0.29, 0.717) is 5.69 Å². The van der Waals surface area contributed by atoms with Gasteiger partial charge >= 0.3 is 0 Å². The predicted molar refractivity (Wildman–Crippen MR) is 222 cm³/mol. The molecule has 332 valence electrons. The largest absolute Gasteiger partial charge is 0.507 e. The molecule has 4 heterocycles. The van der Waals surface area contributed by atoms with E-state index in [1.807, 2.05) is 0 Å². The summed E-state index contributed by atoms with van der Waals surface area (Å²) >= 11 is 6.52. The Morgan fingerprint density at radius 3 is 2.43 bits per heavy atom. The molecule has 4 aromatic rings. The quantitative estimate of drug-likeness (QED) is 0.0565. The van der Waals surface area contributed by atoms with Crippen LogP contribution < -0.4 is 20.9 Å². The molecule has 3 aliphatic rings. The van der Waals surface area contributed by atoms with Crippen LogP contribution in [0.4, 0.5) is 26.2 Å². The van der Waals surface area contributed by atoms with Gasteiger partial charge < -0.3 is 45.4 Å². The van der Waals surface area contributed by atoms with Crippen molar-refractivity contribution in [3.05, 3.63) is 70.2 Å². The summed E-state index contributed by atoms with van der Waals surface area (Å²) < 4.78 is 37.1. The number of nitrogens with one attached hydrogen (secondary N) is 3. The van der Waals surface area contributed by atoms with E-state index in [2.05, 4.69) is 25.9 Å². The summed E-state index contributed by atoms with van der Waals surface area (Å²) in [7, 11) is 1.58. The molecular formula is C41H42ClF2N9O10. The number of aliphatic hydroxyl groups is 2. The Morgan fingerprint density at radius 2 is 1.71 bits per heavy atom. The average Bonchev–Trinajstić information content (AvgIpc) is 3.51. The number of piperazine rings is 1. The smallest absolute Gasteiger partial charge is 0.279 e. The molecule has 19 nitrogen and oxygen atoms in total. The fraction of sp³-hybridized carbons (Fsp3) is 0.366. The number of likely N-dealkylation sites (N-methyl/N-ethyl adjacent to an activating group) is 1. The Kier molecular flexibility index (Phi) is 13.3. The van der Waals surface area contributed by atoms with Gasteiger partial charge in [0.05, 0.1) is 34.9 Å². The first-order valence-corrected chi connectivity index (χ1v) is 20.3. The normalized spacial score (nSPS) is 16.5. The Hall–Kier alpha value is -6.55. The van der Waals surface area contributed by atoms with Crippen LogP contribution in [0.2, 0.25) is 5.02 Å². The first-order valence-electron chi connectivity index (χ1n) is 19.9. The van der Waals surface area contributed by atoms with Crippen LogP contribution in [0.1, 0.15) is 40.0 Å². The van der Waals surface area contributed by atoms with E-state index in [-0.39, 0.29) is 123 Å². The fourth-order valence-corrected chi connectivity index (χ4v) is 7.90. The number of hydrogen-bond donors (Lipinski definition) is 6. The summed E-state index contributed by atoms with van der Waals surface area (Å²) in [5, 5.41) is 37.3. The van der Waals surface area contributed by atoms with Gasteiger partial charge in [-0.25, -0.2) is 13.8 Å². The van der Waals surface area contributed by atoms with Gasteiger partial charge in [-0.3, -0.25) is 39.0 Å². The third kappa shape index (κ3) is 9.17. The van der Waals surface area contributed by atoms with Crippen molar-refractivity contribution >= 4 is 75.4 Å². The Balaban J connectivity index is 0.949. The average molecular weight is 894 g/mol.